The predicted molar refractivity (Wildman–Crippen MR) is 90.7 cm³/mol. The highest BCUT2D eigenvalue weighted by Gasteiger charge is 2.59. The highest BCUT2D eigenvalue weighted by Crippen LogP contribution is 2.65. The lowest BCUT2D eigenvalue weighted by molar-refractivity contribution is -0.130. The number of hydrogen-bond acceptors (Lipinski definition) is 1. The van der Waals surface area contributed by atoms with Crippen LogP contribution < -0.4 is 0 Å². The number of carbonyl (C=O) groups excluding carboxylic acids is 1. The molecule has 4 aliphatic rings. The molecule has 0 bridgehead atoms. The van der Waals surface area contributed by atoms with Crippen LogP contribution in [0.5, 0.6) is 0 Å². The summed E-state index contributed by atoms with van der Waals surface area (Å²) in [5, 5.41) is 0. The fourth-order valence-corrected chi connectivity index (χ4v) is 6.92. The summed E-state index contributed by atoms with van der Waals surface area (Å²) in [5.74, 6) is 1.91. The standard InChI is InChI=1S/C21H29FO/c1-20-11-4-3-5-14(20)6-7-15-16-8-9-18(19(23)13-22)21(16,2)12-10-17(15)20/h3,5-6,15-18H,4,7-13H2,1-2H3/t15-,16-,17-,18+,20-,21-/m0/s1. The summed E-state index contributed by atoms with van der Waals surface area (Å²) >= 11 is 0. The molecule has 1 nitrogen and oxygen atoms in total. The molecule has 4 rings (SSSR count). The van der Waals surface area contributed by atoms with Gasteiger partial charge in [-0.05, 0) is 79.1 Å². The lowest BCUT2D eigenvalue weighted by atomic mass is 9.48. The molecule has 2 saturated carbocycles. The zero-order valence-corrected chi connectivity index (χ0v) is 14.5. The third kappa shape index (κ3) is 2.06. The van der Waals surface area contributed by atoms with Gasteiger partial charge in [0.2, 0.25) is 0 Å². The maximum absolute atomic E-state index is 13.0. The van der Waals surface area contributed by atoms with Gasteiger partial charge in [0.1, 0.15) is 6.67 Å². The Balaban J connectivity index is 1.67. The molecule has 23 heavy (non-hydrogen) atoms. The average molecular weight is 316 g/mol. The van der Waals surface area contributed by atoms with Crippen LogP contribution in [0.2, 0.25) is 0 Å². The maximum Gasteiger partial charge on any atom is 0.167 e. The molecule has 2 fully saturated rings. The number of hydrogen-bond donors (Lipinski definition) is 0. The quantitative estimate of drug-likeness (QED) is 0.678. The molecule has 0 radical (unpaired) electrons. The Bertz CT molecular complexity index is 576. The van der Waals surface area contributed by atoms with E-state index in [0.29, 0.717) is 17.3 Å². The van der Waals surface area contributed by atoms with E-state index in [1.807, 2.05) is 0 Å². The number of ketones is 1. The van der Waals surface area contributed by atoms with Crippen molar-refractivity contribution in [2.75, 3.05) is 6.67 Å². The molecule has 4 aliphatic carbocycles. The van der Waals surface area contributed by atoms with E-state index in [1.54, 1.807) is 5.57 Å². The summed E-state index contributed by atoms with van der Waals surface area (Å²) in [4.78, 5) is 12.1. The van der Waals surface area contributed by atoms with Crippen LogP contribution in [-0.2, 0) is 4.79 Å². The number of rotatable bonds is 2. The summed E-state index contributed by atoms with van der Waals surface area (Å²) in [6, 6.07) is 0. The van der Waals surface area contributed by atoms with Crippen molar-refractivity contribution < 1.29 is 9.18 Å². The minimum Gasteiger partial charge on any atom is -0.296 e. The number of allylic oxidation sites excluding steroid dienone is 4. The second kappa shape index (κ2) is 5.29. The molecule has 0 N–H and O–H groups in total. The fourth-order valence-electron chi connectivity index (χ4n) is 6.92. The molecule has 0 aromatic heterocycles. The van der Waals surface area contributed by atoms with Gasteiger partial charge in [-0.1, -0.05) is 32.1 Å². The normalized spacial score (nSPS) is 48.2. The van der Waals surface area contributed by atoms with Gasteiger partial charge in [0, 0.05) is 5.92 Å². The van der Waals surface area contributed by atoms with Crippen LogP contribution in [0.25, 0.3) is 0 Å². The molecule has 6 atom stereocenters. The van der Waals surface area contributed by atoms with Gasteiger partial charge in [0.05, 0.1) is 0 Å². The first kappa shape index (κ1) is 15.6. The summed E-state index contributed by atoms with van der Waals surface area (Å²) in [6.07, 6.45) is 15.2. The van der Waals surface area contributed by atoms with Gasteiger partial charge in [-0.3, -0.25) is 4.79 Å². The third-order valence-corrected chi connectivity index (χ3v) is 8.17. The summed E-state index contributed by atoms with van der Waals surface area (Å²) in [5.41, 5.74) is 1.94. The molecule has 0 unspecified atom stereocenters. The minimum atomic E-state index is -0.770. The molecule has 126 valence electrons. The van der Waals surface area contributed by atoms with Gasteiger partial charge in [-0.25, -0.2) is 4.39 Å². The fraction of sp³-hybridized carbons (Fsp3) is 0.762. The van der Waals surface area contributed by atoms with Crippen molar-refractivity contribution in [2.24, 2.45) is 34.5 Å². The molecule has 2 heteroatoms. The Morgan fingerprint density at radius 3 is 2.83 bits per heavy atom. The Labute approximate surface area is 139 Å². The van der Waals surface area contributed by atoms with Gasteiger partial charge < -0.3 is 0 Å². The van der Waals surface area contributed by atoms with Crippen LogP contribution in [0.15, 0.2) is 23.8 Å². The molecular weight excluding hydrogens is 287 g/mol. The minimum absolute atomic E-state index is 0.0251. The first-order chi connectivity index (χ1) is 11.0. The number of carbonyl (C=O) groups is 1. The predicted octanol–water partition coefficient (Wildman–Crippen LogP) is 5.27. The Morgan fingerprint density at radius 2 is 2.04 bits per heavy atom. The SMILES string of the molecule is C[C@]12CC[C@H]3[C@@H](CC=C4C=CCC[C@@]43C)[C@@H]1CC[C@@H]2C(=O)CF. The van der Waals surface area contributed by atoms with Crippen LogP contribution in [0.1, 0.15) is 58.8 Å². The van der Waals surface area contributed by atoms with Crippen molar-refractivity contribution in [3.63, 3.8) is 0 Å². The highest BCUT2D eigenvalue weighted by molar-refractivity contribution is 5.83. The molecule has 0 amide bonds. The smallest absolute Gasteiger partial charge is 0.167 e. The van der Waals surface area contributed by atoms with Crippen molar-refractivity contribution in [1.82, 2.24) is 0 Å². The third-order valence-electron chi connectivity index (χ3n) is 8.17. The van der Waals surface area contributed by atoms with E-state index in [9.17, 15) is 9.18 Å². The van der Waals surface area contributed by atoms with E-state index in [-0.39, 0.29) is 17.1 Å². The van der Waals surface area contributed by atoms with Crippen LogP contribution in [0, 0.1) is 34.5 Å². The monoisotopic (exact) mass is 316 g/mol. The van der Waals surface area contributed by atoms with Crippen LogP contribution in [0.3, 0.4) is 0 Å². The van der Waals surface area contributed by atoms with Gasteiger partial charge in [-0.2, -0.15) is 0 Å². The van der Waals surface area contributed by atoms with E-state index < -0.39 is 6.67 Å². The van der Waals surface area contributed by atoms with Crippen LogP contribution in [0.4, 0.5) is 4.39 Å². The molecule has 0 aromatic rings. The molecule has 0 heterocycles. The van der Waals surface area contributed by atoms with Crippen molar-refractivity contribution in [2.45, 2.75) is 58.8 Å². The summed E-state index contributed by atoms with van der Waals surface area (Å²) in [7, 11) is 0. The Kier molecular flexibility index (Phi) is 3.59. The zero-order valence-electron chi connectivity index (χ0n) is 14.5. The molecule has 0 aliphatic heterocycles. The van der Waals surface area contributed by atoms with Gasteiger partial charge in [0.25, 0.3) is 0 Å². The van der Waals surface area contributed by atoms with Crippen molar-refractivity contribution >= 4 is 5.78 Å². The lowest BCUT2D eigenvalue weighted by Crippen LogP contribution is -2.49. The van der Waals surface area contributed by atoms with Crippen LogP contribution >= 0.6 is 0 Å². The van der Waals surface area contributed by atoms with E-state index in [4.69, 9.17) is 0 Å². The molecular formula is C21H29FO. The Morgan fingerprint density at radius 1 is 1.22 bits per heavy atom. The molecule has 0 saturated heterocycles. The summed E-state index contributed by atoms with van der Waals surface area (Å²) in [6.45, 7) is 4.00. The van der Waals surface area contributed by atoms with E-state index in [1.165, 1.54) is 19.3 Å². The van der Waals surface area contributed by atoms with E-state index >= 15 is 0 Å². The lowest BCUT2D eigenvalue weighted by Gasteiger charge is -2.56. The van der Waals surface area contributed by atoms with Crippen molar-refractivity contribution in [3.05, 3.63) is 23.8 Å². The van der Waals surface area contributed by atoms with Gasteiger partial charge in [0.15, 0.2) is 5.78 Å². The first-order valence-corrected chi connectivity index (χ1v) is 9.46. The number of alkyl halides is 1. The molecule has 0 aromatic carbocycles. The largest absolute Gasteiger partial charge is 0.296 e. The van der Waals surface area contributed by atoms with Gasteiger partial charge in [-0.15, -0.1) is 0 Å². The maximum atomic E-state index is 13.0. The Hall–Kier alpha value is -0.920. The highest BCUT2D eigenvalue weighted by atomic mass is 19.1. The molecule has 0 spiro atoms. The second-order valence-corrected chi connectivity index (χ2v) is 8.90. The number of Topliss-reactive ketones (excluding diaryl/α,β-unsaturated/α-hetero) is 1. The van der Waals surface area contributed by atoms with E-state index in [2.05, 4.69) is 32.1 Å². The zero-order chi connectivity index (χ0) is 16.2. The van der Waals surface area contributed by atoms with Crippen LogP contribution in [-0.4, -0.2) is 12.5 Å². The number of fused-ring (bicyclic) bond motifs is 5. The van der Waals surface area contributed by atoms with Crippen molar-refractivity contribution in [1.29, 1.82) is 0 Å². The first-order valence-electron chi connectivity index (χ1n) is 9.46. The number of halogens is 1. The topological polar surface area (TPSA) is 17.1 Å². The second-order valence-electron chi connectivity index (χ2n) is 8.90. The van der Waals surface area contributed by atoms with Crippen molar-refractivity contribution in [3.8, 4) is 0 Å². The van der Waals surface area contributed by atoms with Gasteiger partial charge >= 0.3 is 0 Å². The summed E-state index contributed by atoms with van der Waals surface area (Å²) < 4.78 is 13.0. The average Bonchev–Trinajstić information content (AvgIpc) is 2.91. The van der Waals surface area contributed by atoms with E-state index in [0.717, 1.165) is 31.6 Å².